The lowest BCUT2D eigenvalue weighted by molar-refractivity contribution is 0.879. The van der Waals surface area contributed by atoms with Gasteiger partial charge in [-0.3, -0.25) is 4.57 Å². The van der Waals surface area contributed by atoms with E-state index in [-0.39, 0.29) is 5.38 Å². The van der Waals surface area contributed by atoms with Crippen molar-refractivity contribution in [2.75, 3.05) is 0 Å². The molecule has 1 atom stereocenters. The molecular weight excluding hydrogens is 415 g/mol. The Labute approximate surface area is 145 Å². The molecule has 1 unspecified atom stereocenters. The second kappa shape index (κ2) is 5.75. The first-order valence-corrected chi connectivity index (χ1v) is 8.58. The van der Waals surface area contributed by atoms with Gasteiger partial charge in [-0.05, 0) is 65.7 Å². The highest BCUT2D eigenvalue weighted by Crippen LogP contribution is 2.33. The highest BCUT2D eigenvalue weighted by Gasteiger charge is 2.18. The topological polar surface area (TPSA) is 17.8 Å². The first-order chi connectivity index (χ1) is 9.97. The Morgan fingerprint density at radius 2 is 1.90 bits per heavy atom. The van der Waals surface area contributed by atoms with Crippen molar-refractivity contribution in [2.24, 2.45) is 0 Å². The largest absolute Gasteiger partial charge is 0.294 e. The molecule has 0 radical (unpaired) electrons. The number of rotatable bonds is 2. The Hall–Kier alpha value is -0.840. The normalized spacial score (nSPS) is 12.8. The average Bonchev–Trinajstić information content (AvgIpc) is 2.80. The number of imidazole rings is 1. The average molecular weight is 429 g/mol. The van der Waals surface area contributed by atoms with Crippen LogP contribution in [-0.2, 0) is 0 Å². The quantitative estimate of drug-likeness (QED) is 0.447. The molecular formula is C16H13Br2ClN2. The van der Waals surface area contributed by atoms with Crippen LogP contribution in [0.5, 0.6) is 0 Å². The van der Waals surface area contributed by atoms with E-state index in [0.29, 0.717) is 0 Å². The Morgan fingerprint density at radius 1 is 1.14 bits per heavy atom. The van der Waals surface area contributed by atoms with E-state index in [9.17, 15) is 0 Å². The maximum absolute atomic E-state index is 6.35. The molecule has 3 aromatic rings. The van der Waals surface area contributed by atoms with Crippen molar-refractivity contribution in [2.45, 2.75) is 19.2 Å². The third-order valence-electron chi connectivity index (χ3n) is 3.34. The third-order valence-corrected chi connectivity index (χ3v) is 4.70. The van der Waals surface area contributed by atoms with Crippen LogP contribution < -0.4 is 0 Å². The van der Waals surface area contributed by atoms with Crippen molar-refractivity contribution in [3.8, 4) is 5.69 Å². The fraction of sp³-hybridized carbons (Fsp3) is 0.188. The van der Waals surface area contributed by atoms with E-state index in [0.717, 1.165) is 31.5 Å². The predicted octanol–water partition coefficient (Wildman–Crippen LogP) is 6.16. The van der Waals surface area contributed by atoms with Gasteiger partial charge in [-0.15, -0.1) is 11.6 Å². The van der Waals surface area contributed by atoms with Gasteiger partial charge < -0.3 is 0 Å². The van der Waals surface area contributed by atoms with Crippen molar-refractivity contribution in [3.63, 3.8) is 0 Å². The lowest BCUT2D eigenvalue weighted by atomic mass is 10.2. The first-order valence-electron chi connectivity index (χ1n) is 6.56. The smallest absolute Gasteiger partial charge is 0.132 e. The van der Waals surface area contributed by atoms with Crippen LogP contribution >= 0.6 is 43.5 Å². The van der Waals surface area contributed by atoms with E-state index in [4.69, 9.17) is 11.6 Å². The summed E-state index contributed by atoms with van der Waals surface area (Å²) in [6, 6.07) is 12.3. The second-order valence-corrected chi connectivity index (χ2v) is 7.43. The molecule has 0 bridgehead atoms. The zero-order chi connectivity index (χ0) is 15.1. The van der Waals surface area contributed by atoms with Crippen LogP contribution in [0, 0.1) is 6.92 Å². The number of nitrogens with zero attached hydrogens (tertiary/aromatic N) is 2. The monoisotopic (exact) mass is 426 g/mol. The van der Waals surface area contributed by atoms with Crippen molar-refractivity contribution in [1.82, 2.24) is 9.55 Å². The summed E-state index contributed by atoms with van der Waals surface area (Å²) in [5, 5.41) is -0.177. The molecule has 0 saturated carbocycles. The molecule has 1 aromatic heterocycles. The molecule has 21 heavy (non-hydrogen) atoms. The number of fused-ring (bicyclic) bond motifs is 1. The fourth-order valence-corrected chi connectivity index (χ4v) is 3.30. The molecule has 0 N–H and O–H groups in total. The number of benzene rings is 2. The molecule has 108 valence electrons. The molecule has 0 amide bonds. The molecule has 0 aliphatic rings. The van der Waals surface area contributed by atoms with E-state index >= 15 is 0 Å². The van der Waals surface area contributed by atoms with Crippen LogP contribution in [0.1, 0.15) is 23.7 Å². The molecule has 0 saturated heterocycles. The Bertz CT molecular complexity index is 825. The molecule has 0 spiro atoms. The second-order valence-electron chi connectivity index (χ2n) is 5.01. The van der Waals surface area contributed by atoms with Crippen LogP contribution in [0.2, 0.25) is 0 Å². The fourth-order valence-electron chi connectivity index (χ4n) is 2.38. The Balaban J connectivity index is 2.41. The van der Waals surface area contributed by atoms with E-state index in [1.807, 2.05) is 19.1 Å². The van der Waals surface area contributed by atoms with Gasteiger partial charge in [0.15, 0.2) is 0 Å². The number of hydrogen-bond acceptors (Lipinski definition) is 1. The van der Waals surface area contributed by atoms with E-state index in [2.05, 4.69) is 72.6 Å². The van der Waals surface area contributed by atoms with Gasteiger partial charge in [0.25, 0.3) is 0 Å². The van der Waals surface area contributed by atoms with Gasteiger partial charge in [-0.1, -0.05) is 22.0 Å². The van der Waals surface area contributed by atoms with Crippen LogP contribution in [0.3, 0.4) is 0 Å². The molecule has 3 rings (SSSR count). The van der Waals surface area contributed by atoms with Crippen molar-refractivity contribution in [1.29, 1.82) is 0 Å². The standard InChI is InChI=1S/C16H13Br2ClN2/c1-9-3-5-12(18)14(7-9)21-15-8-11(17)4-6-13(15)20-16(21)10(2)19/h3-8,10H,1-2H3. The van der Waals surface area contributed by atoms with Crippen molar-refractivity contribution < 1.29 is 0 Å². The van der Waals surface area contributed by atoms with Gasteiger partial charge in [0.1, 0.15) is 5.82 Å². The summed E-state index contributed by atoms with van der Waals surface area (Å²) in [5.41, 5.74) is 4.23. The summed E-state index contributed by atoms with van der Waals surface area (Å²) >= 11 is 13.5. The minimum atomic E-state index is -0.177. The maximum Gasteiger partial charge on any atom is 0.132 e. The van der Waals surface area contributed by atoms with Crippen LogP contribution in [0.25, 0.3) is 16.7 Å². The van der Waals surface area contributed by atoms with E-state index < -0.39 is 0 Å². The predicted molar refractivity (Wildman–Crippen MR) is 95.5 cm³/mol. The zero-order valence-corrected chi connectivity index (χ0v) is 15.5. The van der Waals surface area contributed by atoms with Crippen LogP contribution in [0.4, 0.5) is 0 Å². The minimum Gasteiger partial charge on any atom is -0.294 e. The van der Waals surface area contributed by atoms with Gasteiger partial charge in [0.2, 0.25) is 0 Å². The number of alkyl halides is 1. The zero-order valence-electron chi connectivity index (χ0n) is 11.6. The summed E-state index contributed by atoms with van der Waals surface area (Å²) in [5.74, 6) is 0.844. The summed E-state index contributed by atoms with van der Waals surface area (Å²) in [4.78, 5) is 4.69. The van der Waals surface area contributed by atoms with Gasteiger partial charge in [-0.2, -0.15) is 0 Å². The third kappa shape index (κ3) is 2.77. The summed E-state index contributed by atoms with van der Waals surface area (Å²) in [6.07, 6.45) is 0. The number of halogens is 3. The Kier molecular flexibility index (Phi) is 4.12. The van der Waals surface area contributed by atoms with Gasteiger partial charge in [-0.25, -0.2) is 4.98 Å². The highest BCUT2D eigenvalue weighted by atomic mass is 79.9. The number of aromatic nitrogens is 2. The van der Waals surface area contributed by atoms with Gasteiger partial charge >= 0.3 is 0 Å². The number of aryl methyl sites for hydroxylation is 1. The summed E-state index contributed by atoms with van der Waals surface area (Å²) < 4.78 is 4.16. The maximum atomic E-state index is 6.35. The molecule has 2 nitrogen and oxygen atoms in total. The molecule has 0 aliphatic carbocycles. The van der Waals surface area contributed by atoms with Crippen LogP contribution in [0.15, 0.2) is 45.3 Å². The lowest BCUT2D eigenvalue weighted by Crippen LogP contribution is -2.03. The van der Waals surface area contributed by atoms with Gasteiger partial charge in [0, 0.05) is 8.95 Å². The van der Waals surface area contributed by atoms with Crippen LogP contribution in [-0.4, -0.2) is 9.55 Å². The molecule has 0 fully saturated rings. The first kappa shape index (κ1) is 15.1. The molecule has 2 aromatic carbocycles. The lowest BCUT2D eigenvalue weighted by Gasteiger charge is -2.13. The Morgan fingerprint density at radius 3 is 2.62 bits per heavy atom. The van der Waals surface area contributed by atoms with E-state index in [1.54, 1.807) is 0 Å². The van der Waals surface area contributed by atoms with Gasteiger partial charge in [0.05, 0.1) is 22.1 Å². The number of hydrogen-bond donors (Lipinski definition) is 0. The molecule has 1 heterocycles. The van der Waals surface area contributed by atoms with Crippen molar-refractivity contribution in [3.05, 3.63) is 56.7 Å². The summed E-state index contributed by atoms with van der Waals surface area (Å²) in [7, 11) is 0. The molecule has 0 aliphatic heterocycles. The SMILES string of the molecule is Cc1ccc(Br)c(-n2c(C(C)Cl)nc3ccc(Br)cc32)c1. The van der Waals surface area contributed by atoms with E-state index in [1.165, 1.54) is 5.56 Å². The molecule has 5 heteroatoms. The summed E-state index contributed by atoms with van der Waals surface area (Å²) in [6.45, 7) is 4.02. The van der Waals surface area contributed by atoms with Crippen molar-refractivity contribution >= 4 is 54.5 Å². The highest BCUT2D eigenvalue weighted by molar-refractivity contribution is 9.10. The minimum absolute atomic E-state index is 0.177.